The summed E-state index contributed by atoms with van der Waals surface area (Å²) in [6.07, 6.45) is -0.544. The minimum Gasteiger partial charge on any atom is -0.496 e. The molecule has 0 bridgehead atoms. The van der Waals surface area contributed by atoms with Crippen molar-refractivity contribution in [2.45, 2.75) is 32.3 Å². The first-order chi connectivity index (χ1) is 7.91. The Bertz CT molecular complexity index is 369. The number of nitrogens with one attached hydrogen (secondary N) is 1. The Morgan fingerprint density at radius 1 is 1.35 bits per heavy atom. The fraction of sp³-hybridized carbons (Fsp3) is 0.571. The average Bonchev–Trinajstić information content (AvgIpc) is 2.27. The summed E-state index contributed by atoms with van der Waals surface area (Å²) in [6.45, 7) is 6.93. The van der Waals surface area contributed by atoms with Gasteiger partial charge in [0.05, 0.1) is 13.2 Å². The van der Waals surface area contributed by atoms with Gasteiger partial charge in [0.1, 0.15) is 5.75 Å². The molecule has 0 amide bonds. The van der Waals surface area contributed by atoms with Crippen LogP contribution in [0.1, 0.15) is 38.0 Å². The highest BCUT2D eigenvalue weighted by Gasteiger charge is 2.23. The smallest absolute Gasteiger partial charge is 0.128 e. The first-order valence-electron chi connectivity index (χ1n) is 5.92. The largest absolute Gasteiger partial charge is 0.496 e. The summed E-state index contributed by atoms with van der Waals surface area (Å²) in [5, 5.41) is 13.1. The zero-order chi connectivity index (χ0) is 13.1. The van der Waals surface area contributed by atoms with Crippen molar-refractivity contribution >= 4 is 0 Å². The Morgan fingerprint density at radius 3 is 2.47 bits per heavy atom. The third kappa shape index (κ3) is 3.20. The molecule has 1 aromatic rings. The van der Waals surface area contributed by atoms with Crippen molar-refractivity contribution in [2.75, 3.05) is 20.7 Å². The summed E-state index contributed by atoms with van der Waals surface area (Å²) in [5.74, 6) is 0.794. The molecule has 96 valence electrons. The quantitative estimate of drug-likeness (QED) is 0.844. The lowest BCUT2D eigenvalue weighted by molar-refractivity contribution is 0.173. The van der Waals surface area contributed by atoms with Crippen LogP contribution in [0.25, 0.3) is 0 Å². The number of hydrogen-bond acceptors (Lipinski definition) is 3. The Morgan fingerprint density at radius 2 is 2.00 bits per heavy atom. The first kappa shape index (κ1) is 14.0. The Kier molecular flexibility index (Phi) is 4.54. The molecule has 0 saturated carbocycles. The van der Waals surface area contributed by atoms with E-state index in [4.69, 9.17) is 4.74 Å². The second-order valence-corrected chi connectivity index (χ2v) is 5.25. The van der Waals surface area contributed by atoms with Gasteiger partial charge in [0, 0.05) is 12.1 Å². The monoisotopic (exact) mass is 237 g/mol. The van der Waals surface area contributed by atoms with Gasteiger partial charge < -0.3 is 15.2 Å². The summed E-state index contributed by atoms with van der Waals surface area (Å²) in [7, 11) is 3.48. The zero-order valence-electron chi connectivity index (χ0n) is 11.4. The SMILES string of the molecule is CNCC(O)c1cccc(C(C)(C)C)c1OC. The van der Waals surface area contributed by atoms with Gasteiger partial charge in [-0.05, 0) is 18.0 Å². The molecule has 3 heteroatoms. The highest BCUT2D eigenvalue weighted by Crippen LogP contribution is 2.36. The van der Waals surface area contributed by atoms with E-state index in [1.54, 1.807) is 7.11 Å². The van der Waals surface area contributed by atoms with Crippen LogP contribution < -0.4 is 10.1 Å². The highest BCUT2D eigenvalue weighted by atomic mass is 16.5. The van der Waals surface area contributed by atoms with Crippen LogP contribution in [0.2, 0.25) is 0 Å². The fourth-order valence-corrected chi connectivity index (χ4v) is 1.94. The molecular formula is C14H23NO2. The lowest BCUT2D eigenvalue weighted by Gasteiger charge is -2.25. The normalized spacial score (nSPS) is 13.5. The summed E-state index contributed by atoms with van der Waals surface area (Å²) in [6, 6.07) is 5.93. The number of rotatable bonds is 4. The molecule has 0 fully saturated rings. The van der Waals surface area contributed by atoms with E-state index in [9.17, 15) is 5.11 Å². The summed E-state index contributed by atoms with van der Waals surface area (Å²) >= 11 is 0. The van der Waals surface area contributed by atoms with Crippen molar-refractivity contribution in [2.24, 2.45) is 0 Å². The third-order valence-electron chi connectivity index (χ3n) is 2.81. The zero-order valence-corrected chi connectivity index (χ0v) is 11.4. The fourth-order valence-electron chi connectivity index (χ4n) is 1.94. The second-order valence-electron chi connectivity index (χ2n) is 5.25. The maximum Gasteiger partial charge on any atom is 0.128 e. The van der Waals surface area contributed by atoms with Crippen LogP contribution in [0.3, 0.4) is 0 Å². The van der Waals surface area contributed by atoms with Crippen LogP contribution in [0.4, 0.5) is 0 Å². The van der Waals surface area contributed by atoms with E-state index in [1.807, 2.05) is 19.2 Å². The van der Waals surface area contributed by atoms with Crippen LogP contribution in [0.5, 0.6) is 5.75 Å². The van der Waals surface area contributed by atoms with Gasteiger partial charge in [0.15, 0.2) is 0 Å². The van der Waals surface area contributed by atoms with Gasteiger partial charge in [0.2, 0.25) is 0 Å². The number of hydrogen-bond donors (Lipinski definition) is 2. The molecule has 17 heavy (non-hydrogen) atoms. The van der Waals surface area contributed by atoms with Gasteiger partial charge in [-0.2, -0.15) is 0 Å². The molecule has 1 rings (SSSR count). The second kappa shape index (κ2) is 5.52. The molecule has 3 nitrogen and oxygen atoms in total. The van der Waals surface area contributed by atoms with Crippen LogP contribution in [-0.4, -0.2) is 25.8 Å². The molecule has 0 saturated heterocycles. The number of methoxy groups -OCH3 is 1. The van der Waals surface area contributed by atoms with E-state index in [0.29, 0.717) is 6.54 Å². The number of para-hydroxylation sites is 1. The minimum atomic E-state index is -0.544. The number of aliphatic hydroxyl groups is 1. The number of ether oxygens (including phenoxy) is 1. The van der Waals surface area contributed by atoms with Crippen LogP contribution >= 0.6 is 0 Å². The lowest BCUT2D eigenvalue weighted by Crippen LogP contribution is -2.19. The van der Waals surface area contributed by atoms with Gasteiger partial charge in [0.25, 0.3) is 0 Å². The van der Waals surface area contributed by atoms with Crippen molar-refractivity contribution in [3.05, 3.63) is 29.3 Å². The number of likely N-dealkylation sites (N-methyl/N-ethyl adjacent to an activating group) is 1. The van der Waals surface area contributed by atoms with Gasteiger partial charge in [-0.15, -0.1) is 0 Å². The topological polar surface area (TPSA) is 41.5 Å². The van der Waals surface area contributed by atoms with Crippen molar-refractivity contribution < 1.29 is 9.84 Å². The lowest BCUT2D eigenvalue weighted by atomic mass is 9.84. The molecule has 0 radical (unpaired) electrons. The Hall–Kier alpha value is -1.06. The molecule has 0 heterocycles. The number of benzene rings is 1. The standard InChI is InChI=1S/C14H23NO2/c1-14(2,3)11-8-6-7-10(13(11)17-5)12(16)9-15-4/h6-8,12,15-16H,9H2,1-5H3. The van der Waals surface area contributed by atoms with Gasteiger partial charge in [-0.25, -0.2) is 0 Å². The number of aliphatic hydroxyl groups excluding tert-OH is 1. The molecule has 0 aliphatic heterocycles. The van der Waals surface area contributed by atoms with E-state index < -0.39 is 6.10 Å². The Labute approximate surface area is 104 Å². The van der Waals surface area contributed by atoms with E-state index in [1.165, 1.54) is 0 Å². The van der Waals surface area contributed by atoms with Crippen LogP contribution in [0.15, 0.2) is 18.2 Å². The van der Waals surface area contributed by atoms with Crippen LogP contribution in [0, 0.1) is 0 Å². The highest BCUT2D eigenvalue weighted by molar-refractivity contribution is 5.46. The summed E-state index contributed by atoms with van der Waals surface area (Å²) < 4.78 is 5.48. The van der Waals surface area contributed by atoms with Crippen molar-refractivity contribution in [3.63, 3.8) is 0 Å². The molecule has 0 aliphatic rings. The average molecular weight is 237 g/mol. The van der Waals surface area contributed by atoms with Crippen molar-refractivity contribution in [1.82, 2.24) is 5.32 Å². The molecule has 0 aliphatic carbocycles. The summed E-state index contributed by atoms with van der Waals surface area (Å²) in [5.41, 5.74) is 1.96. The van der Waals surface area contributed by atoms with Gasteiger partial charge in [-0.3, -0.25) is 0 Å². The van der Waals surface area contributed by atoms with E-state index in [-0.39, 0.29) is 5.41 Å². The van der Waals surface area contributed by atoms with Crippen molar-refractivity contribution in [1.29, 1.82) is 0 Å². The molecule has 1 atom stereocenters. The molecule has 1 aromatic carbocycles. The summed E-state index contributed by atoms with van der Waals surface area (Å²) in [4.78, 5) is 0. The molecule has 0 spiro atoms. The Balaban J connectivity index is 3.23. The first-order valence-corrected chi connectivity index (χ1v) is 5.92. The molecule has 2 N–H and O–H groups in total. The molecule has 1 unspecified atom stereocenters. The minimum absolute atomic E-state index is 0.000711. The predicted molar refractivity (Wildman–Crippen MR) is 70.6 cm³/mol. The van der Waals surface area contributed by atoms with Crippen LogP contribution in [-0.2, 0) is 5.41 Å². The van der Waals surface area contributed by atoms with Gasteiger partial charge in [-0.1, -0.05) is 39.0 Å². The predicted octanol–water partition coefficient (Wildman–Crippen LogP) is 2.25. The van der Waals surface area contributed by atoms with E-state index in [0.717, 1.165) is 16.9 Å². The van der Waals surface area contributed by atoms with Crippen molar-refractivity contribution in [3.8, 4) is 5.75 Å². The van der Waals surface area contributed by atoms with Gasteiger partial charge >= 0.3 is 0 Å². The third-order valence-corrected chi connectivity index (χ3v) is 2.81. The van der Waals surface area contributed by atoms with E-state index in [2.05, 4.69) is 32.2 Å². The van der Waals surface area contributed by atoms with E-state index >= 15 is 0 Å². The maximum atomic E-state index is 10.1. The maximum absolute atomic E-state index is 10.1. The molecule has 0 aromatic heterocycles. The molecular weight excluding hydrogens is 214 g/mol.